The molecule has 0 aliphatic heterocycles. The summed E-state index contributed by atoms with van der Waals surface area (Å²) >= 11 is 0. The van der Waals surface area contributed by atoms with Gasteiger partial charge in [0, 0.05) is 20.1 Å². The van der Waals surface area contributed by atoms with Crippen molar-refractivity contribution in [3.8, 4) is 5.75 Å². The number of hydrogen-bond acceptors (Lipinski definition) is 2. The molecule has 0 atom stereocenters. The van der Waals surface area contributed by atoms with Crippen molar-refractivity contribution in [2.75, 3.05) is 7.05 Å². The molecule has 2 rings (SSSR count). The maximum absolute atomic E-state index is 13.2. The number of rotatable bonds is 6. The van der Waals surface area contributed by atoms with Crippen LogP contribution in [0.25, 0.3) is 0 Å². The molecule has 4 nitrogen and oxygen atoms in total. The van der Waals surface area contributed by atoms with E-state index in [9.17, 15) is 18.0 Å². The molecule has 0 aliphatic carbocycles. The molecule has 0 unspecified atom stereocenters. The van der Waals surface area contributed by atoms with Crippen LogP contribution in [0.3, 0.4) is 0 Å². The molecule has 7 heteroatoms. The second-order valence-corrected chi connectivity index (χ2v) is 5.62. The van der Waals surface area contributed by atoms with Crippen LogP contribution in [0.15, 0.2) is 42.5 Å². The Bertz CT molecular complexity index is 721. The summed E-state index contributed by atoms with van der Waals surface area (Å²) in [4.78, 5) is 13.6. The van der Waals surface area contributed by atoms with Crippen LogP contribution in [0.4, 0.5) is 18.0 Å². The molecule has 0 aromatic heterocycles. The highest BCUT2D eigenvalue weighted by Crippen LogP contribution is 2.16. The minimum absolute atomic E-state index is 0.0672. The SMILES string of the molecule is Cc1cc(CNC(=O)N(C)Cc2ccc(OC(F)F)cc2)ccc1F. The van der Waals surface area contributed by atoms with E-state index in [0.29, 0.717) is 12.1 Å². The summed E-state index contributed by atoms with van der Waals surface area (Å²) in [6.07, 6.45) is 0. The van der Waals surface area contributed by atoms with Gasteiger partial charge in [-0.3, -0.25) is 0 Å². The third-order valence-electron chi connectivity index (χ3n) is 3.58. The number of aryl methyl sites for hydroxylation is 1. The first-order valence-corrected chi connectivity index (χ1v) is 7.63. The van der Waals surface area contributed by atoms with Crippen molar-refractivity contribution in [3.05, 3.63) is 65.0 Å². The molecule has 2 aromatic carbocycles. The average Bonchev–Trinajstić information content (AvgIpc) is 2.57. The summed E-state index contributed by atoms with van der Waals surface area (Å²) < 4.78 is 41.7. The Labute approximate surface area is 144 Å². The van der Waals surface area contributed by atoms with Crippen LogP contribution < -0.4 is 10.1 Å². The van der Waals surface area contributed by atoms with E-state index in [1.807, 2.05) is 0 Å². The summed E-state index contributed by atoms with van der Waals surface area (Å²) in [5.41, 5.74) is 2.09. The first kappa shape index (κ1) is 18.6. The van der Waals surface area contributed by atoms with Crippen LogP contribution in [0.1, 0.15) is 16.7 Å². The van der Waals surface area contributed by atoms with Crippen molar-refractivity contribution in [2.45, 2.75) is 26.6 Å². The van der Waals surface area contributed by atoms with Crippen molar-refractivity contribution in [3.63, 3.8) is 0 Å². The van der Waals surface area contributed by atoms with Gasteiger partial charge in [-0.2, -0.15) is 8.78 Å². The topological polar surface area (TPSA) is 41.6 Å². The second kappa shape index (κ2) is 8.41. The van der Waals surface area contributed by atoms with E-state index in [-0.39, 0.29) is 24.1 Å². The number of carbonyl (C=O) groups is 1. The number of benzene rings is 2. The predicted octanol–water partition coefficient (Wildman–Crippen LogP) is 4.08. The molecule has 0 spiro atoms. The first-order chi connectivity index (χ1) is 11.8. The van der Waals surface area contributed by atoms with E-state index in [4.69, 9.17) is 0 Å². The summed E-state index contributed by atoms with van der Waals surface area (Å²) in [6, 6.07) is 10.4. The standard InChI is InChI=1S/C18H19F3N2O2/c1-12-9-14(5-8-16(12)19)10-22-18(24)23(2)11-13-3-6-15(7-4-13)25-17(20)21/h3-9,17H,10-11H2,1-2H3,(H,22,24). The second-order valence-electron chi connectivity index (χ2n) is 5.62. The maximum atomic E-state index is 13.2. The van der Waals surface area contributed by atoms with Gasteiger partial charge in [0.05, 0.1) is 0 Å². The van der Waals surface area contributed by atoms with Gasteiger partial charge in [0.2, 0.25) is 0 Å². The fourth-order valence-corrected chi connectivity index (χ4v) is 2.25. The number of nitrogens with zero attached hydrogens (tertiary/aromatic N) is 1. The van der Waals surface area contributed by atoms with Crippen LogP contribution in [0.5, 0.6) is 5.75 Å². The van der Waals surface area contributed by atoms with E-state index in [2.05, 4.69) is 10.1 Å². The zero-order valence-electron chi connectivity index (χ0n) is 13.9. The molecular weight excluding hydrogens is 333 g/mol. The lowest BCUT2D eigenvalue weighted by Crippen LogP contribution is -2.36. The number of carbonyl (C=O) groups excluding carboxylic acids is 1. The van der Waals surface area contributed by atoms with Gasteiger partial charge in [0.1, 0.15) is 11.6 Å². The molecule has 0 saturated heterocycles. The van der Waals surface area contributed by atoms with Crippen molar-refractivity contribution in [1.29, 1.82) is 0 Å². The molecule has 2 amide bonds. The molecule has 134 valence electrons. The molecule has 0 bridgehead atoms. The number of nitrogens with one attached hydrogen (secondary N) is 1. The van der Waals surface area contributed by atoms with Crippen molar-refractivity contribution in [2.24, 2.45) is 0 Å². The summed E-state index contributed by atoms with van der Waals surface area (Å²) in [5.74, 6) is -0.219. The van der Waals surface area contributed by atoms with E-state index in [1.165, 1.54) is 23.1 Å². The molecule has 0 radical (unpaired) electrons. The third-order valence-corrected chi connectivity index (χ3v) is 3.58. The van der Waals surface area contributed by atoms with Crippen LogP contribution in [0.2, 0.25) is 0 Å². The van der Waals surface area contributed by atoms with E-state index in [1.54, 1.807) is 38.2 Å². The number of urea groups is 1. The Morgan fingerprint density at radius 2 is 1.80 bits per heavy atom. The van der Waals surface area contributed by atoms with Gasteiger partial charge in [-0.15, -0.1) is 0 Å². The monoisotopic (exact) mass is 352 g/mol. The van der Waals surface area contributed by atoms with E-state index < -0.39 is 6.61 Å². The predicted molar refractivity (Wildman–Crippen MR) is 87.9 cm³/mol. The average molecular weight is 352 g/mol. The smallest absolute Gasteiger partial charge is 0.387 e. The zero-order valence-corrected chi connectivity index (χ0v) is 13.9. The highest BCUT2D eigenvalue weighted by molar-refractivity contribution is 5.73. The zero-order chi connectivity index (χ0) is 18.4. The highest BCUT2D eigenvalue weighted by Gasteiger charge is 2.10. The summed E-state index contributed by atoms with van der Waals surface area (Å²) in [5, 5.41) is 2.74. The Kier molecular flexibility index (Phi) is 6.27. The Hall–Kier alpha value is -2.70. The van der Waals surface area contributed by atoms with Crippen molar-refractivity contribution >= 4 is 6.03 Å². The van der Waals surface area contributed by atoms with Crippen LogP contribution in [0, 0.1) is 12.7 Å². The fraction of sp³-hybridized carbons (Fsp3) is 0.278. The molecule has 0 saturated carbocycles. The van der Waals surface area contributed by atoms with Crippen molar-refractivity contribution in [1.82, 2.24) is 10.2 Å². The van der Waals surface area contributed by atoms with Gasteiger partial charge < -0.3 is 15.0 Å². The number of ether oxygens (including phenoxy) is 1. The van der Waals surface area contributed by atoms with Gasteiger partial charge >= 0.3 is 12.6 Å². The Morgan fingerprint density at radius 1 is 1.16 bits per heavy atom. The maximum Gasteiger partial charge on any atom is 0.387 e. The van der Waals surface area contributed by atoms with Gasteiger partial charge in [0.15, 0.2) is 0 Å². The largest absolute Gasteiger partial charge is 0.435 e. The number of hydrogen-bond donors (Lipinski definition) is 1. The number of amides is 2. The van der Waals surface area contributed by atoms with Gasteiger partial charge in [-0.1, -0.05) is 24.3 Å². The molecular formula is C18H19F3N2O2. The normalized spacial score (nSPS) is 10.6. The van der Waals surface area contributed by atoms with Crippen LogP contribution in [-0.4, -0.2) is 24.6 Å². The lowest BCUT2D eigenvalue weighted by atomic mass is 10.1. The first-order valence-electron chi connectivity index (χ1n) is 7.63. The molecule has 0 fully saturated rings. The molecule has 2 aromatic rings. The Balaban J connectivity index is 1.86. The molecule has 1 N–H and O–H groups in total. The number of alkyl halides is 2. The molecule has 0 heterocycles. The lowest BCUT2D eigenvalue weighted by Gasteiger charge is -2.18. The van der Waals surface area contributed by atoms with Gasteiger partial charge in [-0.25, -0.2) is 9.18 Å². The summed E-state index contributed by atoms with van der Waals surface area (Å²) in [7, 11) is 1.62. The van der Waals surface area contributed by atoms with Crippen LogP contribution in [-0.2, 0) is 13.1 Å². The third kappa shape index (κ3) is 5.70. The fourth-order valence-electron chi connectivity index (χ4n) is 2.25. The van der Waals surface area contributed by atoms with E-state index >= 15 is 0 Å². The van der Waals surface area contributed by atoms with Gasteiger partial charge in [-0.05, 0) is 41.8 Å². The molecule has 25 heavy (non-hydrogen) atoms. The highest BCUT2D eigenvalue weighted by atomic mass is 19.3. The summed E-state index contributed by atoms with van der Waals surface area (Å²) in [6.45, 7) is -0.613. The van der Waals surface area contributed by atoms with Crippen LogP contribution >= 0.6 is 0 Å². The quantitative estimate of drug-likeness (QED) is 0.851. The molecule has 0 aliphatic rings. The minimum Gasteiger partial charge on any atom is -0.435 e. The lowest BCUT2D eigenvalue weighted by molar-refractivity contribution is -0.0498. The number of halogens is 3. The minimum atomic E-state index is -2.87. The van der Waals surface area contributed by atoms with Gasteiger partial charge in [0.25, 0.3) is 0 Å². The van der Waals surface area contributed by atoms with E-state index in [0.717, 1.165) is 11.1 Å². The van der Waals surface area contributed by atoms with Crippen molar-refractivity contribution < 1.29 is 22.7 Å². The Morgan fingerprint density at radius 3 is 2.40 bits per heavy atom.